The summed E-state index contributed by atoms with van der Waals surface area (Å²) in [6.07, 6.45) is 1.49. The Bertz CT molecular complexity index is 776. The summed E-state index contributed by atoms with van der Waals surface area (Å²) in [6.45, 7) is 0.833. The SMILES string of the molecule is COC1(OC)C[C@]23CCC(=O)N2CCc2cc4c(cc2[C@@H]3[C@@H]1O)OCO4. The Morgan fingerprint density at radius 1 is 1.19 bits per heavy atom. The lowest BCUT2D eigenvalue weighted by atomic mass is 9.78. The van der Waals surface area contributed by atoms with E-state index in [-0.39, 0.29) is 18.6 Å². The largest absolute Gasteiger partial charge is 0.454 e. The molecule has 1 aromatic carbocycles. The zero-order valence-electron chi connectivity index (χ0n) is 15.0. The second-order valence-electron chi connectivity index (χ2n) is 7.62. The molecule has 26 heavy (non-hydrogen) atoms. The molecule has 0 radical (unpaired) electrons. The lowest BCUT2D eigenvalue weighted by Crippen LogP contribution is -2.48. The van der Waals surface area contributed by atoms with E-state index in [4.69, 9.17) is 18.9 Å². The summed E-state index contributed by atoms with van der Waals surface area (Å²) in [7, 11) is 3.10. The van der Waals surface area contributed by atoms with Gasteiger partial charge < -0.3 is 29.0 Å². The number of amides is 1. The molecule has 4 aliphatic rings. The van der Waals surface area contributed by atoms with E-state index in [0.29, 0.717) is 31.6 Å². The van der Waals surface area contributed by atoms with Crippen molar-refractivity contribution in [3.8, 4) is 11.5 Å². The summed E-state index contributed by atoms with van der Waals surface area (Å²) in [5.74, 6) is 0.136. The standard InChI is InChI=1S/C19H23NO6/c1-23-19(24-2)9-18-5-3-15(21)20(18)6-4-11-7-13-14(26-10-25-13)8-12(11)16(18)17(19)22/h7-8,16-17,22H,3-6,9-10H2,1-2H3/t16-,17+,18+/m1/s1. The predicted molar refractivity (Wildman–Crippen MR) is 90.1 cm³/mol. The molecule has 1 aromatic rings. The Morgan fingerprint density at radius 2 is 1.92 bits per heavy atom. The molecule has 1 amide bonds. The molecule has 7 heteroatoms. The molecule has 2 fully saturated rings. The van der Waals surface area contributed by atoms with Gasteiger partial charge in [-0.2, -0.15) is 0 Å². The normalized spacial score (nSPS) is 33.7. The van der Waals surface area contributed by atoms with Gasteiger partial charge in [0.25, 0.3) is 0 Å². The summed E-state index contributed by atoms with van der Waals surface area (Å²) in [6, 6.07) is 3.96. The first kappa shape index (κ1) is 16.4. The zero-order valence-corrected chi connectivity index (χ0v) is 15.0. The van der Waals surface area contributed by atoms with E-state index in [0.717, 1.165) is 23.3 Å². The second-order valence-corrected chi connectivity index (χ2v) is 7.62. The Balaban J connectivity index is 1.72. The van der Waals surface area contributed by atoms with Gasteiger partial charge in [-0.1, -0.05) is 0 Å². The van der Waals surface area contributed by atoms with Crippen LogP contribution in [0.5, 0.6) is 11.5 Å². The van der Waals surface area contributed by atoms with E-state index in [2.05, 4.69) is 0 Å². The number of carbonyl (C=O) groups excluding carboxylic acids is 1. The van der Waals surface area contributed by atoms with E-state index >= 15 is 0 Å². The number of aliphatic hydroxyl groups is 1. The van der Waals surface area contributed by atoms with Crippen molar-refractivity contribution in [2.75, 3.05) is 27.6 Å². The molecule has 3 aliphatic heterocycles. The number of aliphatic hydroxyl groups excluding tert-OH is 1. The minimum Gasteiger partial charge on any atom is -0.454 e. The summed E-state index contributed by atoms with van der Waals surface area (Å²) < 4.78 is 22.4. The van der Waals surface area contributed by atoms with Crippen molar-refractivity contribution in [3.63, 3.8) is 0 Å². The van der Waals surface area contributed by atoms with Crippen molar-refractivity contribution in [2.24, 2.45) is 0 Å². The molecule has 0 aromatic heterocycles. The van der Waals surface area contributed by atoms with Crippen molar-refractivity contribution in [1.82, 2.24) is 4.90 Å². The number of carbonyl (C=O) groups is 1. The second kappa shape index (κ2) is 5.34. The van der Waals surface area contributed by atoms with Crippen LogP contribution in [0.1, 0.15) is 36.3 Å². The number of fused-ring (bicyclic) bond motifs is 3. The number of hydrogen-bond acceptors (Lipinski definition) is 6. The van der Waals surface area contributed by atoms with Gasteiger partial charge in [0, 0.05) is 39.5 Å². The van der Waals surface area contributed by atoms with Crippen LogP contribution >= 0.6 is 0 Å². The van der Waals surface area contributed by atoms with Crippen molar-refractivity contribution in [3.05, 3.63) is 23.3 Å². The van der Waals surface area contributed by atoms with Crippen molar-refractivity contribution >= 4 is 5.91 Å². The summed E-state index contributed by atoms with van der Waals surface area (Å²) in [4.78, 5) is 14.6. The van der Waals surface area contributed by atoms with Crippen LogP contribution in [-0.4, -0.2) is 60.9 Å². The highest BCUT2D eigenvalue weighted by molar-refractivity contribution is 5.81. The van der Waals surface area contributed by atoms with Gasteiger partial charge in [0.05, 0.1) is 5.54 Å². The lowest BCUT2D eigenvalue weighted by Gasteiger charge is -2.39. The third-order valence-electron chi connectivity index (χ3n) is 6.77. The fourth-order valence-corrected chi connectivity index (χ4v) is 5.55. The number of ether oxygens (including phenoxy) is 4. The Hall–Kier alpha value is -1.83. The van der Waals surface area contributed by atoms with Gasteiger partial charge in [-0.05, 0) is 36.1 Å². The molecule has 1 aliphatic carbocycles. The van der Waals surface area contributed by atoms with Crippen LogP contribution in [0.2, 0.25) is 0 Å². The maximum absolute atomic E-state index is 12.7. The maximum Gasteiger partial charge on any atom is 0.231 e. The van der Waals surface area contributed by atoms with E-state index < -0.39 is 17.4 Å². The maximum atomic E-state index is 12.7. The molecule has 140 valence electrons. The number of methoxy groups -OCH3 is 2. The number of benzene rings is 1. The number of hydrogen-bond donors (Lipinski definition) is 1. The molecule has 1 spiro atoms. The molecule has 1 saturated carbocycles. The van der Waals surface area contributed by atoms with Gasteiger partial charge in [-0.3, -0.25) is 4.79 Å². The first-order valence-electron chi connectivity index (χ1n) is 9.06. The van der Waals surface area contributed by atoms with E-state index in [1.165, 1.54) is 0 Å². The summed E-state index contributed by atoms with van der Waals surface area (Å²) in [5, 5.41) is 11.3. The Kier molecular flexibility index (Phi) is 3.36. The lowest BCUT2D eigenvalue weighted by molar-refractivity contribution is -0.248. The monoisotopic (exact) mass is 361 g/mol. The highest BCUT2D eigenvalue weighted by Gasteiger charge is 2.67. The third-order valence-corrected chi connectivity index (χ3v) is 6.77. The average Bonchev–Trinajstić information content (AvgIpc) is 3.26. The van der Waals surface area contributed by atoms with Crippen LogP contribution < -0.4 is 9.47 Å². The molecule has 0 bridgehead atoms. The molecule has 0 unspecified atom stereocenters. The molecule has 1 saturated heterocycles. The minimum atomic E-state index is -1.13. The zero-order chi connectivity index (χ0) is 18.1. The first-order valence-corrected chi connectivity index (χ1v) is 9.06. The molecule has 7 nitrogen and oxygen atoms in total. The quantitative estimate of drug-likeness (QED) is 0.797. The van der Waals surface area contributed by atoms with Gasteiger partial charge in [0.15, 0.2) is 17.3 Å². The minimum absolute atomic E-state index is 0.137. The topological polar surface area (TPSA) is 77.5 Å². The fraction of sp³-hybridized carbons (Fsp3) is 0.632. The predicted octanol–water partition coefficient (Wildman–Crippen LogP) is 1.17. The number of rotatable bonds is 2. The highest BCUT2D eigenvalue weighted by atomic mass is 16.7. The van der Waals surface area contributed by atoms with E-state index in [1.807, 2.05) is 17.0 Å². The van der Waals surface area contributed by atoms with Crippen LogP contribution in [0.15, 0.2) is 12.1 Å². The molecular formula is C19H23NO6. The van der Waals surface area contributed by atoms with Crippen LogP contribution in [0, 0.1) is 0 Å². The van der Waals surface area contributed by atoms with Gasteiger partial charge in [-0.25, -0.2) is 0 Å². The van der Waals surface area contributed by atoms with Crippen molar-refractivity contribution < 1.29 is 28.8 Å². The molecule has 3 atom stereocenters. The van der Waals surface area contributed by atoms with Gasteiger partial charge >= 0.3 is 0 Å². The number of nitrogens with zero attached hydrogens (tertiary/aromatic N) is 1. The van der Waals surface area contributed by atoms with Crippen LogP contribution in [-0.2, 0) is 20.7 Å². The molecular weight excluding hydrogens is 338 g/mol. The Morgan fingerprint density at radius 3 is 2.65 bits per heavy atom. The van der Waals surface area contributed by atoms with E-state index in [9.17, 15) is 9.90 Å². The molecule has 3 heterocycles. The van der Waals surface area contributed by atoms with Gasteiger partial charge in [0.1, 0.15) is 6.10 Å². The van der Waals surface area contributed by atoms with Crippen molar-refractivity contribution in [1.29, 1.82) is 0 Å². The van der Waals surface area contributed by atoms with Gasteiger partial charge in [-0.15, -0.1) is 0 Å². The smallest absolute Gasteiger partial charge is 0.231 e. The van der Waals surface area contributed by atoms with Crippen molar-refractivity contribution in [2.45, 2.75) is 49.0 Å². The van der Waals surface area contributed by atoms with Crippen LogP contribution in [0.4, 0.5) is 0 Å². The van der Waals surface area contributed by atoms with Crippen LogP contribution in [0.25, 0.3) is 0 Å². The van der Waals surface area contributed by atoms with Gasteiger partial charge in [0.2, 0.25) is 12.7 Å². The van der Waals surface area contributed by atoms with Crippen LogP contribution in [0.3, 0.4) is 0 Å². The highest BCUT2D eigenvalue weighted by Crippen LogP contribution is 2.59. The molecule has 5 rings (SSSR count). The fourth-order valence-electron chi connectivity index (χ4n) is 5.55. The average molecular weight is 361 g/mol. The van der Waals surface area contributed by atoms with E-state index in [1.54, 1.807) is 14.2 Å². The Labute approximate surface area is 151 Å². The third kappa shape index (κ3) is 1.86. The summed E-state index contributed by atoms with van der Waals surface area (Å²) >= 11 is 0. The first-order chi connectivity index (χ1) is 12.5. The summed E-state index contributed by atoms with van der Waals surface area (Å²) in [5.41, 5.74) is 1.60. The molecule has 1 N–H and O–H groups in total.